The van der Waals surface area contributed by atoms with Crippen LogP contribution in [0.3, 0.4) is 0 Å². The van der Waals surface area contributed by atoms with Crippen LogP contribution in [-0.4, -0.2) is 67.3 Å². The van der Waals surface area contributed by atoms with E-state index in [1.165, 1.54) is 18.2 Å². The van der Waals surface area contributed by atoms with E-state index >= 15 is 0 Å². The van der Waals surface area contributed by atoms with Crippen LogP contribution in [-0.2, 0) is 26.1 Å². The minimum absolute atomic E-state index is 0.0601. The van der Waals surface area contributed by atoms with Crippen molar-refractivity contribution in [2.45, 2.75) is 29.7 Å². The zero-order valence-electron chi connectivity index (χ0n) is 16.9. The van der Waals surface area contributed by atoms with E-state index < -0.39 is 28.7 Å². The van der Waals surface area contributed by atoms with Crippen molar-refractivity contribution in [2.75, 3.05) is 42.3 Å². The summed E-state index contributed by atoms with van der Waals surface area (Å²) in [5, 5.41) is 15.3. The molecule has 15 heteroatoms. The fourth-order valence-corrected chi connectivity index (χ4v) is 4.56. The van der Waals surface area contributed by atoms with Crippen molar-refractivity contribution in [2.24, 2.45) is 5.14 Å². The number of alkyl halides is 3. The number of amides is 1. The number of hydrogen-bond donors (Lipinski definition) is 2. The highest BCUT2D eigenvalue weighted by molar-refractivity contribution is 7.99. The molecule has 0 aliphatic carbocycles. The number of morpholine rings is 1. The summed E-state index contributed by atoms with van der Waals surface area (Å²) in [7, 11) is -3.98. The lowest BCUT2D eigenvalue weighted by atomic mass is 10.2. The first-order valence-electron chi connectivity index (χ1n) is 9.33. The molecule has 0 radical (unpaired) electrons. The van der Waals surface area contributed by atoms with E-state index in [2.05, 4.69) is 15.5 Å². The Morgan fingerprint density at radius 3 is 2.59 bits per heavy atom. The van der Waals surface area contributed by atoms with Gasteiger partial charge in [-0.2, -0.15) is 13.2 Å². The van der Waals surface area contributed by atoms with Gasteiger partial charge in [-0.25, -0.2) is 13.6 Å². The molecule has 1 saturated heterocycles. The van der Waals surface area contributed by atoms with Crippen molar-refractivity contribution in [1.29, 1.82) is 0 Å². The third kappa shape index (κ3) is 6.34. The second kappa shape index (κ2) is 9.64. The van der Waals surface area contributed by atoms with E-state index in [0.29, 0.717) is 31.9 Å². The number of hydrogen-bond acceptors (Lipinski definition) is 8. The molecule has 0 atom stereocenters. The molecule has 1 aliphatic rings. The molecule has 10 nitrogen and oxygen atoms in total. The second-order valence-corrected chi connectivity index (χ2v) is 9.42. The average molecular weight is 495 g/mol. The van der Waals surface area contributed by atoms with Gasteiger partial charge < -0.3 is 15.0 Å². The summed E-state index contributed by atoms with van der Waals surface area (Å²) in [6, 6.07) is 4.20. The number of halogens is 3. The number of aryl methyl sites for hydroxylation is 1. The van der Waals surface area contributed by atoms with Crippen LogP contribution in [0.5, 0.6) is 0 Å². The predicted octanol–water partition coefficient (Wildman–Crippen LogP) is 1.36. The van der Waals surface area contributed by atoms with Gasteiger partial charge in [0, 0.05) is 18.8 Å². The highest BCUT2D eigenvalue weighted by Gasteiger charge is 2.33. The van der Waals surface area contributed by atoms with Crippen LogP contribution in [0.4, 0.5) is 24.8 Å². The van der Waals surface area contributed by atoms with Gasteiger partial charge in [0.1, 0.15) is 6.54 Å². The van der Waals surface area contributed by atoms with E-state index in [1.807, 2.05) is 0 Å². The highest BCUT2D eigenvalue weighted by Crippen LogP contribution is 2.28. The summed E-state index contributed by atoms with van der Waals surface area (Å²) in [5.74, 6) is -0.768. The molecule has 1 fully saturated rings. The number of ether oxygens (including phenoxy) is 1. The molecule has 3 N–H and O–H groups in total. The van der Waals surface area contributed by atoms with Gasteiger partial charge in [-0.1, -0.05) is 17.8 Å². The molecule has 176 valence electrons. The predicted molar refractivity (Wildman–Crippen MR) is 111 cm³/mol. The van der Waals surface area contributed by atoms with Crippen LogP contribution in [0.25, 0.3) is 0 Å². The molecule has 1 aromatic carbocycles. The Balaban J connectivity index is 1.72. The standard InChI is InChI=1S/C17H21F3N6O4S2/c1-11-2-3-12(8-13(11)32(21,28)29)22-14(27)9-31-16-24-23-15(25-4-6-30-7-5-25)26(16)10-17(18,19)20/h2-3,8H,4-7,9-10H2,1H3,(H,22,27)(H2,21,28,29). The van der Waals surface area contributed by atoms with Crippen LogP contribution in [0.2, 0.25) is 0 Å². The molecule has 1 amide bonds. The maximum Gasteiger partial charge on any atom is 0.406 e. The summed E-state index contributed by atoms with van der Waals surface area (Å²) in [6.07, 6.45) is -4.51. The Bertz CT molecular complexity index is 1080. The van der Waals surface area contributed by atoms with E-state index in [1.54, 1.807) is 11.8 Å². The SMILES string of the molecule is Cc1ccc(NC(=O)CSc2nnc(N3CCOCC3)n2CC(F)(F)F)cc1S(N)(=O)=O. The normalized spacial score (nSPS) is 15.1. The lowest BCUT2D eigenvalue weighted by Crippen LogP contribution is -2.38. The molecule has 0 bridgehead atoms. The zero-order valence-corrected chi connectivity index (χ0v) is 18.6. The largest absolute Gasteiger partial charge is 0.406 e. The van der Waals surface area contributed by atoms with Gasteiger partial charge in [0.15, 0.2) is 5.16 Å². The highest BCUT2D eigenvalue weighted by atomic mass is 32.2. The molecular formula is C17H21F3N6O4S2. The monoisotopic (exact) mass is 494 g/mol. The molecule has 2 aromatic rings. The Kier molecular flexibility index (Phi) is 7.32. The quantitative estimate of drug-likeness (QED) is 0.552. The molecule has 0 saturated carbocycles. The Morgan fingerprint density at radius 1 is 1.28 bits per heavy atom. The van der Waals surface area contributed by atoms with Crippen LogP contribution >= 0.6 is 11.8 Å². The first kappa shape index (κ1) is 24.3. The molecule has 1 aliphatic heterocycles. The van der Waals surface area contributed by atoms with Gasteiger partial charge in [0.05, 0.1) is 23.9 Å². The fraction of sp³-hybridized carbons (Fsp3) is 0.471. The van der Waals surface area contributed by atoms with E-state index in [4.69, 9.17) is 9.88 Å². The maximum atomic E-state index is 13.1. The fourth-order valence-electron chi connectivity index (χ4n) is 3.01. The molecular weight excluding hydrogens is 473 g/mol. The van der Waals surface area contributed by atoms with Crippen LogP contribution < -0.4 is 15.4 Å². The number of anilines is 2. The lowest BCUT2D eigenvalue weighted by molar-refractivity contribution is -0.141. The molecule has 2 heterocycles. The number of carbonyl (C=O) groups excluding carboxylic acids is 1. The van der Waals surface area contributed by atoms with E-state index in [-0.39, 0.29) is 27.4 Å². The number of primary sulfonamides is 1. The average Bonchev–Trinajstić information content (AvgIpc) is 3.08. The molecule has 32 heavy (non-hydrogen) atoms. The van der Waals surface area contributed by atoms with Crippen molar-refractivity contribution >= 4 is 39.3 Å². The number of carbonyl (C=O) groups is 1. The number of nitrogens with zero attached hydrogens (tertiary/aromatic N) is 4. The summed E-state index contributed by atoms with van der Waals surface area (Å²) in [4.78, 5) is 13.8. The first-order chi connectivity index (χ1) is 14.9. The Morgan fingerprint density at radius 2 is 1.97 bits per heavy atom. The van der Waals surface area contributed by atoms with E-state index in [0.717, 1.165) is 16.3 Å². The van der Waals surface area contributed by atoms with Crippen LogP contribution in [0, 0.1) is 6.92 Å². The van der Waals surface area contributed by atoms with Crippen LogP contribution in [0.15, 0.2) is 28.3 Å². The van der Waals surface area contributed by atoms with Crippen molar-refractivity contribution in [1.82, 2.24) is 14.8 Å². The van der Waals surface area contributed by atoms with Crippen molar-refractivity contribution in [3.05, 3.63) is 23.8 Å². The van der Waals surface area contributed by atoms with Gasteiger partial charge in [0.25, 0.3) is 0 Å². The molecule has 3 rings (SSSR count). The molecule has 1 aromatic heterocycles. The van der Waals surface area contributed by atoms with Crippen LogP contribution in [0.1, 0.15) is 5.56 Å². The van der Waals surface area contributed by atoms with Gasteiger partial charge >= 0.3 is 6.18 Å². The number of benzene rings is 1. The Labute approximate surface area is 186 Å². The molecule has 0 unspecified atom stereocenters. The van der Waals surface area contributed by atoms with Gasteiger partial charge in [-0.05, 0) is 24.6 Å². The maximum absolute atomic E-state index is 13.1. The number of rotatable bonds is 7. The Hall–Kier alpha value is -2.36. The number of sulfonamides is 1. The van der Waals surface area contributed by atoms with Crippen molar-refractivity contribution in [3.63, 3.8) is 0 Å². The van der Waals surface area contributed by atoms with E-state index in [9.17, 15) is 26.4 Å². The minimum atomic E-state index is -4.51. The van der Waals surface area contributed by atoms with Crippen molar-refractivity contribution in [3.8, 4) is 0 Å². The zero-order chi connectivity index (χ0) is 23.5. The second-order valence-electron chi connectivity index (χ2n) is 6.95. The number of nitrogens with two attached hydrogens (primary N) is 1. The molecule has 0 spiro atoms. The van der Waals surface area contributed by atoms with Gasteiger partial charge in [-0.15, -0.1) is 10.2 Å². The third-order valence-corrected chi connectivity index (χ3v) is 6.46. The number of thioether (sulfide) groups is 1. The smallest absolute Gasteiger partial charge is 0.378 e. The first-order valence-corrected chi connectivity index (χ1v) is 11.9. The van der Waals surface area contributed by atoms with Gasteiger partial charge in [0.2, 0.25) is 21.9 Å². The minimum Gasteiger partial charge on any atom is -0.378 e. The summed E-state index contributed by atoms with van der Waals surface area (Å²) in [5.41, 5.74) is 0.603. The summed E-state index contributed by atoms with van der Waals surface area (Å²) in [6.45, 7) is 1.73. The number of aromatic nitrogens is 3. The summed E-state index contributed by atoms with van der Waals surface area (Å²) < 4.78 is 68.8. The third-order valence-electron chi connectivity index (χ3n) is 4.44. The number of nitrogens with one attached hydrogen (secondary N) is 1. The summed E-state index contributed by atoms with van der Waals surface area (Å²) >= 11 is 0.789. The van der Waals surface area contributed by atoms with Crippen molar-refractivity contribution < 1.29 is 31.1 Å². The lowest BCUT2D eigenvalue weighted by Gasteiger charge is -2.28. The topological polar surface area (TPSA) is 132 Å². The van der Waals surface area contributed by atoms with Gasteiger partial charge in [-0.3, -0.25) is 9.36 Å².